The summed E-state index contributed by atoms with van der Waals surface area (Å²) in [4.78, 5) is 0. The van der Waals surface area contributed by atoms with E-state index in [9.17, 15) is 5.11 Å². The minimum absolute atomic E-state index is 0.196. The van der Waals surface area contributed by atoms with Crippen LogP contribution in [0.2, 0.25) is 0 Å². The molecular weight excluding hydrogens is 150 g/mol. The Balaban J connectivity index is 2.64. The van der Waals surface area contributed by atoms with Crippen LogP contribution < -0.4 is 5.73 Å². The van der Waals surface area contributed by atoms with Gasteiger partial charge in [0.2, 0.25) is 0 Å². The molecule has 0 aliphatic heterocycles. The van der Waals surface area contributed by atoms with E-state index in [0.29, 0.717) is 5.92 Å². The maximum Gasteiger partial charge on any atom is 0.0611 e. The molecule has 1 aliphatic carbocycles. The highest BCUT2D eigenvalue weighted by Gasteiger charge is 2.36. The molecule has 0 heterocycles. The summed E-state index contributed by atoms with van der Waals surface area (Å²) < 4.78 is 0. The first-order valence-electron chi connectivity index (χ1n) is 4.90. The molecule has 72 valence electrons. The van der Waals surface area contributed by atoms with Crippen LogP contribution in [0.5, 0.6) is 0 Å². The standard InChI is InChI=1S/C10H21NO/c1-7-5-4-6-8(9(7)12)10(2,3)11/h7-9,12H,4-6,11H2,1-3H3. The Labute approximate surface area is 75.2 Å². The van der Waals surface area contributed by atoms with Crippen LogP contribution in [0.15, 0.2) is 0 Å². The molecule has 2 nitrogen and oxygen atoms in total. The Morgan fingerprint density at radius 1 is 1.33 bits per heavy atom. The number of nitrogens with two attached hydrogens (primary N) is 1. The van der Waals surface area contributed by atoms with E-state index in [1.54, 1.807) is 0 Å². The van der Waals surface area contributed by atoms with Crippen molar-refractivity contribution in [1.82, 2.24) is 0 Å². The first-order valence-corrected chi connectivity index (χ1v) is 4.90. The lowest BCUT2D eigenvalue weighted by atomic mass is 9.71. The van der Waals surface area contributed by atoms with Gasteiger partial charge in [-0.25, -0.2) is 0 Å². The summed E-state index contributed by atoms with van der Waals surface area (Å²) in [5, 5.41) is 9.89. The smallest absolute Gasteiger partial charge is 0.0611 e. The van der Waals surface area contributed by atoms with Crippen molar-refractivity contribution in [1.29, 1.82) is 0 Å². The van der Waals surface area contributed by atoms with Crippen molar-refractivity contribution in [3.05, 3.63) is 0 Å². The summed E-state index contributed by atoms with van der Waals surface area (Å²) in [6.07, 6.45) is 3.24. The van der Waals surface area contributed by atoms with Crippen LogP contribution in [-0.2, 0) is 0 Å². The second kappa shape index (κ2) is 3.35. The van der Waals surface area contributed by atoms with Gasteiger partial charge in [-0.3, -0.25) is 0 Å². The molecular formula is C10H21NO. The molecule has 0 aromatic carbocycles. The Kier molecular flexibility index (Phi) is 2.79. The van der Waals surface area contributed by atoms with Gasteiger partial charge in [-0.15, -0.1) is 0 Å². The van der Waals surface area contributed by atoms with Gasteiger partial charge in [-0.2, -0.15) is 0 Å². The highest BCUT2D eigenvalue weighted by atomic mass is 16.3. The van der Waals surface area contributed by atoms with Crippen molar-refractivity contribution in [2.75, 3.05) is 0 Å². The Morgan fingerprint density at radius 2 is 1.92 bits per heavy atom. The van der Waals surface area contributed by atoms with Crippen LogP contribution in [-0.4, -0.2) is 16.7 Å². The summed E-state index contributed by atoms with van der Waals surface area (Å²) in [5.41, 5.74) is 5.77. The van der Waals surface area contributed by atoms with Gasteiger partial charge in [0.1, 0.15) is 0 Å². The summed E-state index contributed by atoms with van der Waals surface area (Å²) in [5.74, 6) is 0.702. The maximum absolute atomic E-state index is 9.89. The molecule has 1 fully saturated rings. The zero-order valence-electron chi connectivity index (χ0n) is 8.38. The fourth-order valence-corrected chi connectivity index (χ4v) is 2.21. The zero-order valence-corrected chi connectivity index (χ0v) is 8.38. The molecule has 3 N–H and O–H groups in total. The van der Waals surface area contributed by atoms with E-state index in [0.717, 1.165) is 12.8 Å². The molecule has 12 heavy (non-hydrogen) atoms. The van der Waals surface area contributed by atoms with E-state index in [4.69, 9.17) is 5.73 Å². The Hall–Kier alpha value is -0.0800. The van der Waals surface area contributed by atoms with Gasteiger partial charge in [0.15, 0.2) is 0 Å². The minimum Gasteiger partial charge on any atom is -0.392 e. The molecule has 0 aromatic heterocycles. The molecule has 0 radical (unpaired) electrons. The molecule has 0 aromatic rings. The molecule has 1 aliphatic rings. The van der Waals surface area contributed by atoms with Crippen LogP contribution in [0.4, 0.5) is 0 Å². The first kappa shape index (κ1) is 10.0. The summed E-state index contributed by atoms with van der Waals surface area (Å²) >= 11 is 0. The molecule has 0 saturated heterocycles. The largest absolute Gasteiger partial charge is 0.392 e. The summed E-state index contributed by atoms with van der Waals surface area (Å²) in [6, 6.07) is 0. The van der Waals surface area contributed by atoms with Gasteiger partial charge >= 0.3 is 0 Å². The number of hydrogen-bond acceptors (Lipinski definition) is 2. The Bertz CT molecular complexity index is 150. The first-order chi connectivity index (χ1) is 5.43. The second-order valence-corrected chi connectivity index (χ2v) is 4.83. The minimum atomic E-state index is -0.228. The van der Waals surface area contributed by atoms with E-state index in [-0.39, 0.29) is 17.6 Å². The molecule has 0 spiro atoms. The van der Waals surface area contributed by atoms with Gasteiger partial charge < -0.3 is 10.8 Å². The van der Waals surface area contributed by atoms with Crippen molar-refractivity contribution >= 4 is 0 Å². The Morgan fingerprint density at radius 3 is 2.33 bits per heavy atom. The third-order valence-corrected chi connectivity index (χ3v) is 3.13. The predicted molar refractivity (Wildman–Crippen MR) is 50.8 cm³/mol. The highest BCUT2D eigenvalue weighted by molar-refractivity contribution is 4.91. The van der Waals surface area contributed by atoms with Crippen molar-refractivity contribution in [3.8, 4) is 0 Å². The van der Waals surface area contributed by atoms with Crippen molar-refractivity contribution in [2.24, 2.45) is 17.6 Å². The lowest BCUT2D eigenvalue weighted by Crippen LogP contribution is -2.50. The number of aliphatic hydroxyl groups excluding tert-OH is 1. The summed E-state index contributed by atoms with van der Waals surface area (Å²) in [6.45, 7) is 6.14. The van der Waals surface area contributed by atoms with Gasteiger partial charge in [-0.1, -0.05) is 13.3 Å². The van der Waals surface area contributed by atoms with Gasteiger partial charge in [0.25, 0.3) is 0 Å². The third kappa shape index (κ3) is 1.99. The van der Waals surface area contributed by atoms with Gasteiger partial charge in [-0.05, 0) is 32.6 Å². The van der Waals surface area contributed by atoms with Crippen LogP contribution >= 0.6 is 0 Å². The SMILES string of the molecule is CC1CCCC(C(C)(C)N)C1O. The van der Waals surface area contributed by atoms with E-state index in [2.05, 4.69) is 6.92 Å². The van der Waals surface area contributed by atoms with Crippen LogP contribution in [0.25, 0.3) is 0 Å². The predicted octanol–water partition coefficient (Wildman–Crippen LogP) is 1.52. The normalized spacial score (nSPS) is 38.2. The van der Waals surface area contributed by atoms with Crippen molar-refractivity contribution < 1.29 is 5.11 Å². The van der Waals surface area contributed by atoms with Crippen LogP contribution in [0, 0.1) is 11.8 Å². The molecule has 0 bridgehead atoms. The lowest BCUT2D eigenvalue weighted by Gasteiger charge is -2.40. The molecule has 2 heteroatoms. The molecule has 0 amide bonds. The van der Waals surface area contributed by atoms with E-state index < -0.39 is 0 Å². The number of hydrogen-bond donors (Lipinski definition) is 2. The molecule has 3 atom stereocenters. The zero-order chi connectivity index (χ0) is 9.35. The maximum atomic E-state index is 9.89. The topological polar surface area (TPSA) is 46.2 Å². The molecule has 1 saturated carbocycles. The quantitative estimate of drug-likeness (QED) is 0.628. The fourth-order valence-electron chi connectivity index (χ4n) is 2.21. The van der Waals surface area contributed by atoms with E-state index in [1.165, 1.54) is 6.42 Å². The van der Waals surface area contributed by atoms with Crippen molar-refractivity contribution in [3.63, 3.8) is 0 Å². The number of rotatable bonds is 1. The molecule has 3 unspecified atom stereocenters. The molecule has 1 rings (SSSR count). The van der Waals surface area contributed by atoms with Crippen molar-refractivity contribution in [2.45, 2.75) is 51.7 Å². The van der Waals surface area contributed by atoms with E-state index >= 15 is 0 Å². The van der Waals surface area contributed by atoms with Crippen LogP contribution in [0.3, 0.4) is 0 Å². The summed E-state index contributed by atoms with van der Waals surface area (Å²) in [7, 11) is 0. The van der Waals surface area contributed by atoms with E-state index in [1.807, 2.05) is 13.8 Å². The number of aliphatic hydroxyl groups is 1. The monoisotopic (exact) mass is 171 g/mol. The van der Waals surface area contributed by atoms with Gasteiger partial charge in [0.05, 0.1) is 6.10 Å². The average molecular weight is 171 g/mol. The second-order valence-electron chi connectivity index (χ2n) is 4.83. The third-order valence-electron chi connectivity index (χ3n) is 3.13. The lowest BCUT2D eigenvalue weighted by molar-refractivity contribution is -0.00363. The van der Waals surface area contributed by atoms with Gasteiger partial charge in [0, 0.05) is 11.5 Å². The van der Waals surface area contributed by atoms with Crippen LogP contribution in [0.1, 0.15) is 40.0 Å². The highest BCUT2D eigenvalue weighted by Crippen LogP contribution is 2.34. The fraction of sp³-hybridized carbons (Fsp3) is 1.00. The average Bonchev–Trinajstić information content (AvgIpc) is 1.92.